The standard InChI is InChI=1S/C9H9N.C7H9NO.C2H6.H2/c1-7-2-3-8-4-5-10-9(8)6-7;1-6-4-3-5-8-7(6)9-2;1-2;/h2-6,10H,1H3;3-5H,1-2H3;1-2H3;1H. The van der Waals surface area contributed by atoms with E-state index < -0.39 is 0 Å². The molecule has 0 unspecified atom stereocenters. The Morgan fingerprint density at radius 2 is 1.86 bits per heavy atom. The van der Waals surface area contributed by atoms with Gasteiger partial charge >= 0.3 is 0 Å². The predicted molar refractivity (Wildman–Crippen MR) is 92.0 cm³/mol. The van der Waals surface area contributed by atoms with Crippen molar-refractivity contribution >= 4 is 10.9 Å². The Bertz CT molecular complexity index is 665. The molecule has 0 saturated heterocycles. The van der Waals surface area contributed by atoms with E-state index in [0.29, 0.717) is 5.88 Å². The van der Waals surface area contributed by atoms with Crippen molar-refractivity contribution in [3.8, 4) is 5.88 Å². The molecule has 0 atom stereocenters. The van der Waals surface area contributed by atoms with E-state index in [2.05, 4.69) is 41.2 Å². The number of pyridine rings is 1. The Labute approximate surface area is 128 Å². The van der Waals surface area contributed by atoms with Crippen LogP contribution in [0.1, 0.15) is 26.4 Å². The average molecular weight is 286 g/mol. The van der Waals surface area contributed by atoms with Crippen LogP contribution in [0.25, 0.3) is 10.9 Å². The molecule has 1 N–H and O–H groups in total. The molecule has 21 heavy (non-hydrogen) atoms. The fourth-order valence-corrected chi connectivity index (χ4v) is 1.85. The van der Waals surface area contributed by atoms with Crippen molar-refractivity contribution in [1.82, 2.24) is 9.97 Å². The molecule has 114 valence electrons. The molecule has 2 heterocycles. The minimum Gasteiger partial charge on any atom is -0.481 e. The maximum absolute atomic E-state index is 4.93. The summed E-state index contributed by atoms with van der Waals surface area (Å²) in [6.45, 7) is 8.06. The van der Waals surface area contributed by atoms with Crippen LogP contribution in [-0.4, -0.2) is 17.1 Å². The van der Waals surface area contributed by atoms with Crippen molar-refractivity contribution in [2.24, 2.45) is 0 Å². The minimum atomic E-state index is 0. The van der Waals surface area contributed by atoms with Crippen LogP contribution < -0.4 is 4.74 Å². The van der Waals surface area contributed by atoms with Gasteiger partial charge in [-0.3, -0.25) is 0 Å². The highest BCUT2D eigenvalue weighted by molar-refractivity contribution is 5.79. The number of fused-ring (bicyclic) bond motifs is 1. The summed E-state index contributed by atoms with van der Waals surface area (Å²) in [5.74, 6) is 0.706. The van der Waals surface area contributed by atoms with Gasteiger partial charge in [-0.15, -0.1) is 0 Å². The summed E-state index contributed by atoms with van der Waals surface area (Å²) >= 11 is 0. The van der Waals surface area contributed by atoms with Crippen molar-refractivity contribution in [2.45, 2.75) is 27.7 Å². The van der Waals surface area contributed by atoms with Crippen LogP contribution in [-0.2, 0) is 0 Å². The number of nitrogens with one attached hydrogen (secondary N) is 1. The summed E-state index contributed by atoms with van der Waals surface area (Å²) in [4.78, 5) is 7.13. The Balaban J connectivity index is 0.000000348. The largest absolute Gasteiger partial charge is 0.481 e. The smallest absolute Gasteiger partial charge is 0.215 e. The third-order valence-corrected chi connectivity index (χ3v) is 2.87. The van der Waals surface area contributed by atoms with E-state index in [1.807, 2.05) is 39.1 Å². The van der Waals surface area contributed by atoms with E-state index in [4.69, 9.17) is 4.74 Å². The summed E-state index contributed by atoms with van der Waals surface area (Å²) in [7, 11) is 1.62. The summed E-state index contributed by atoms with van der Waals surface area (Å²) < 4.78 is 4.93. The lowest BCUT2D eigenvalue weighted by molar-refractivity contribution is 0.394. The maximum Gasteiger partial charge on any atom is 0.215 e. The normalized spacial score (nSPS) is 9.19. The van der Waals surface area contributed by atoms with Crippen LogP contribution in [0.5, 0.6) is 5.88 Å². The second-order valence-electron chi connectivity index (χ2n) is 4.40. The molecule has 0 bridgehead atoms. The van der Waals surface area contributed by atoms with Gasteiger partial charge in [0, 0.05) is 24.9 Å². The highest BCUT2D eigenvalue weighted by Gasteiger charge is 1.93. The van der Waals surface area contributed by atoms with Crippen molar-refractivity contribution in [3.63, 3.8) is 0 Å². The number of ether oxygens (including phenoxy) is 1. The second kappa shape index (κ2) is 8.80. The lowest BCUT2D eigenvalue weighted by Gasteiger charge is -1.99. The SMILES string of the molecule is CC.COc1ncccc1C.Cc1ccc2cc[nH]c2c1.[HH]. The molecule has 3 aromatic rings. The van der Waals surface area contributed by atoms with Gasteiger partial charge in [-0.25, -0.2) is 4.98 Å². The Morgan fingerprint density at radius 1 is 1.10 bits per heavy atom. The van der Waals surface area contributed by atoms with Crippen LogP contribution >= 0.6 is 0 Å². The molecule has 0 radical (unpaired) electrons. The molecule has 0 fully saturated rings. The summed E-state index contributed by atoms with van der Waals surface area (Å²) in [5.41, 5.74) is 3.59. The maximum atomic E-state index is 4.93. The average Bonchev–Trinajstić information content (AvgIpc) is 2.98. The molecule has 0 saturated carbocycles. The number of nitrogens with zero attached hydrogens (tertiary/aromatic N) is 1. The summed E-state index contributed by atoms with van der Waals surface area (Å²) in [5, 5.41) is 1.28. The lowest BCUT2D eigenvalue weighted by Crippen LogP contribution is -1.88. The number of aryl methyl sites for hydroxylation is 2. The van der Waals surface area contributed by atoms with Gasteiger partial charge in [-0.2, -0.15) is 0 Å². The van der Waals surface area contributed by atoms with E-state index >= 15 is 0 Å². The molecular formula is C18H26N2O. The van der Waals surface area contributed by atoms with Gasteiger partial charge in [0.15, 0.2) is 0 Å². The zero-order valence-corrected chi connectivity index (χ0v) is 13.5. The monoisotopic (exact) mass is 286 g/mol. The molecule has 0 aliphatic rings. The van der Waals surface area contributed by atoms with Crippen molar-refractivity contribution in [3.05, 3.63) is 59.9 Å². The molecule has 1 aromatic carbocycles. The molecular weight excluding hydrogens is 260 g/mol. The quantitative estimate of drug-likeness (QED) is 0.672. The van der Waals surface area contributed by atoms with Crippen molar-refractivity contribution in [1.29, 1.82) is 0 Å². The Morgan fingerprint density at radius 3 is 2.48 bits per heavy atom. The molecule has 2 aromatic heterocycles. The first-order chi connectivity index (χ1) is 10.2. The highest BCUT2D eigenvalue weighted by atomic mass is 16.5. The topological polar surface area (TPSA) is 37.9 Å². The van der Waals surface area contributed by atoms with Gasteiger partial charge < -0.3 is 9.72 Å². The number of methoxy groups -OCH3 is 1. The Hall–Kier alpha value is -2.29. The first kappa shape index (κ1) is 16.8. The fraction of sp³-hybridized carbons (Fsp3) is 0.278. The lowest BCUT2D eigenvalue weighted by atomic mass is 10.2. The summed E-state index contributed by atoms with van der Waals surface area (Å²) in [6.07, 6.45) is 3.68. The molecule has 3 nitrogen and oxygen atoms in total. The van der Waals surface area contributed by atoms with E-state index in [-0.39, 0.29) is 1.43 Å². The van der Waals surface area contributed by atoms with E-state index in [0.717, 1.165) is 5.56 Å². The molecule has 0 amide bonds. The van der Waals surface area contributed by atoms with Gasteiger partial charge in [-0.05, 0) is 43.0 Å². The molecule has 3 heteroatoms. The zero-order chi connectivity index (χ0) is 15.7. The minimum absolute atomic E-state index is 0. The van der Waals surface area contributed by atoms with Crippen molar-refractivity contribution < 1.29 is 6.16 Å². The first-order valence-corrected chi connectivity index (χ1v) is 7.20. The van der Waals surface area contributed by atoms with Crippen LogP contribution in [0, 0.1) is 13.8 Å². The Kier molecular flexibility index (Phi) is 7.02. The molecule has 0 spiro atoms. The molecule has 0 aliphatic heterocycles. The van der Waals surface area contributed by atoms with Crippen LogP contribution in [0.15, 0.2) is 48.8 Å². The fourth-order valence-electron chi connectivity index (χ4n) is 1.85. The number of hydrogen-bond donors (Lipinski definition) is 1. The van der Waals surface area contributed by atoms with Gasteiger partial charge in [0.25, 0.3) is 0 Å². The van der Waals surface area contributed by atoms with Gasteiger partial charge in [0.1, 0.15) is 0 Å². The highest BCUT2D eigenvalue weighted by Crippen LogP contribution is 2.12. The molecule has 0 aliphatic carbocycles. The third kappa shape index (κ3) is 4.95. The second-order valence-corrected chi connectivity index (χ2v) is 4.40. The number of aromatic amines is 1. The van der Waals surface area contributed by atoms with Crippen LogP contribution in [0.4, 0.5) is 0 Å². The van der Waals surface area contributed by atoms with Crippen LogP contribution in [0.2, 0.25) is 0 Å². The van der Waals surface area contributed by atoms with E-state index in [1.54, 1.807) is 13.3 Å². The van der Waals surface area contributed by atoms with Gasteiger partial charge in [-0.1, -0.05) is 32.0 Å². The van der Waals surface area contributed by atoms with Gasteiger partial charge in [0.05, 0.1) is 7.11 Å². The predicted octanol–water partition coefficient (Wildman–Crippen LogP) is 5.15. The number of rotatable bonds is 1. The van der Waals surface area contributed by atoms with Crippen LogP contribution in [0.3, 0.4) is 0 Å². The van der Waals surface area contributed by atoms with Crippen molar-refractivity contribution in [2.75, 3.05) is 7.11 Å². The third-order valence-electron chi connectivity index (χ3n) is 2.87. The van der Waals surface area contributed by atoms with E-state index in [1.165, 1.54) is 16.5 Å². The summed E-state index contributed by atoms with van der Waals surface area (Å²) in [6, 6.07) is 12.3. The number of benzene rings is 1. The number of hydrogen-bond acceptors (Lipinski definition) is 2. The number of H-pyrrole nitrogens is 1. The zero-order valence-electron chi connectivity index (χ0n) is 13.5. The van der Waals surface area contributed by atoms with E-state index in [9.17, 15) is 0 Å². The first-order valence-electron chi connectivity index (χ1n) is 7.20. The molecule has 3 rings (SSSR count). The number of aromatic nitrogens is 2. The van der Waals surface area contributed by atoms with Gasteiger partial charge in [0.2, 0.25) is 5.88 Å².